The van der Waals surface area contributed by atoms with Crippen LogP contribution in [0.2, 0.25) is 0 Å². The highest BCUT2D eigenvalue weighted by atomic mass is 35.5. The zero-order valence-corrected chi connectivity index (χ0v) is 15.9. The zero-order chi connectivity index (χ0) is 17.3. The summed E-state index contributed by atoms with van der Waals surface area (Å²) >= 11 is 0. The number of benzene rings is 1. The molecule has 3 rings (SSSR count). The van der Waals surface area contributed by atoms with E-state index in [4.69, 9.17) is 5.73 Å². The number of carbonyl (C=O) groups excluding carboxylic acids is 1. The molecule has 2 aliphatic rings. The van der Waals surface area contributed by atoms with Gasteiger partial charge in [-0.2, -0.15) is 13.2 Å². The maximum absolute atomic E-state index is 12.8. The van der Waals surface area contributed by atoms with Gasteiger partial charge in [0.25, 0.3) is 0 Å². The molecule has 2 fully saturated rings. The van der Waals surface area contributed by atoms with Crippen molar-refractivity contribution in [1.29, 1.82) is 0 Å². The lowest BCUT2D eigenvalue weighted by Gasteiger charge is -2.37. The van der Waals surface area contributed by atoms with Crippen LogP contribution >= 0.6 is 24.8 Å². The first-order chi connectivity index (χ1) is 11.4. The minimum atomic E-state index is -4.34. The quantitative estimate of drug-likeness (QED) is 0.808. The summed E-state index contributed by atoms with van der Waals surface area (Å²) in [6.07, 6.45) is -1.62. The lowest BCUT2D eigenvalue weighted by molar-refractivity contribution is -0.137. The molecule has 1 aromatic carbocycles. The van der Waals surface area contributed by atoms with Crippen LogP contribution < -0.4 is 10.6 Å². The molecular weight excluding hydrogens is 390 g/mol. The van der Waals surface area contributed by atoms with Crippen molar-refractivity contribution in [3.8, 4) is 0 Å². The number of amides is 1. The number of nitrogens with two attached hydrogens (primary N) is 1. The Morgan fingerprint density at radius 2 is 1.73 bits per heavy atom. The average molecular weight is 414 g/mol. The minimum absolute atomic E-state index is 0. The van der Waals surface area contributed by atoms with Crippen LogP contribution in [-0.2, 0) is 11.0 Å². The number of anilines is 1. The largest absolute Gasteiger partial charge is 0.416 e. The molecule has 2 N–H and O–H groups in total. The second-order valence-corrected chi connectivity index (χ2v) is 6.56. The fraction of sp³-hybridized carbons (Fsp3) is 0.588. The molecule has 1 heterocycles. The molecule has 0 aromatic heterocycles. The number of hydrogen-bond acceptors (Lipinski definition) is 3. The van der Waals surface area contributed by atoms with Gasteiger partial charge in [0.2, 0.25) is 5.91 Å². The van der Waals surface area contributed by atoms with E-state index >= 15 is 0 Å². The summed E-state index contributed by atoms with van der Waals surface area (Å²) < 4.78 is 38.5. The normalized spacial score (nSPS) is 23.2. The van der Waals surface area contributed by atoms with Crippen LogP contribution in [0.15, 0.2) is 24.3 Å². The van der Waals surface area contributed by atoms with E-state index in [2.05, 4.69) is 0 Å². The molecule has 26 heavy (non-hydrogen) atoms. The maximum Gasteiger partial charge on any atom is 0.416 e. The number of piperazine rings is 1. The third-order valence-electron chi connectivity index (χ3n) is 5.02. The molecule has 1 aliphatic heterocycles. The lowest BCUT2D eigenvalue weighted by atomic mass is 10.0. The summed E-state index contributed by atoms with van der Waals surface area (Å²) in [7, 11) is 0. The van der Waals surface area contributed by atoms with Crippen molar-refractivity contribution in [2.75, 3.05) is 31.1 Å². The first-order valence-electron chi connectivity index (χ1n) is 8.33. The molecular formula is C17H24Cl2F3N3O. The Balaban J connectivity index is 0.00000169. The van der Waals surface area contributed by atoms with Gasteiger partial charge in [0.05, 0.1) is 11.5 Å². The third kappa shape index (κ3) is 4.96. The Labute approximate surface area is 163 Å². The van der Waals surface area contributed by atoms with Crippen LogP contribution in [0.3, 0.4) is 0 Å². The van der Waals surface area contributed by atoms with Crippen molar-refractivity contribution >= 4 is 36.4 Å². The van der Waals surface area contributed by atoms with Crippen molar-refractivity contribution in [3.05, 3.63) is 29.8 Å². The van der Waals surface area contributed by atoms with Crippen LogP contribution in [0, 0.1) is 5.92 Å². The van der Waals surface area contributed by atoms with Crippen molar-refractivity contribution in [3.63, 3.8) is 0 Å². The molecule has 4 nitrogen and oxygen atoms in total. The summed E-state index contributed by atoms with van der Waals surface area (Å²) in [5, 5.41) is 0. The molecule has 2 unspecified atom stereocenters. The van der Waals surface area contributed by atoms with Gasteiger partial charge in [-0.25, -0.2) is 0 Å². The molecule has 1 aromatic rings. The summed E-state index contributed by atoms with van der Waals surface area (Å²) in [5.41, 5.74) is 5.91. The Kier molecular flexibility index (Phi) is 8.04. The summed E-state index contributed by atoms with van der Waals surface area (Å²) in [4.78, 5) is 16.2. The molecule has 148 valence electrons. The molecule has 0 bridgehead atoms. The van der Waals surface area contributed by atoms with Gasteiger partial charge in [-0.15, -0.1) is 24.8 Å². The van der Waals surface area contributed by atoms with E-state index in [1.54, 1.807) is 11.0 Å². The van der Waals surface area contributed by atoms with Gasteiger partial charge in [0.15, 0.2) is 0 Å². The standard InChI is InChI=1S/C17H22F3N3O.2ClH/c18-17(19,20)12-3-1-4-13(11-12)22-7-9-23(10-8-22)16(24)14-5-2-6-15(14)21;;/h1,3-4,11,14-15H,2,5-10,21H2;2*1H. The Morgan fingerprint density at radius 1 is 1.08 bits per heavy atom. The van der Waals surface area contributed by atoms with E-state index in [9.17, 15) is 18.0 Å². The van der Waals surface area contributed by atoms with E-state index < -0.39 is 11.7 Å². The van der Waals surface area contributed by atoms with Crippen molar-refractivity contribution in [1.82, 2.24) is 4.90 Å². The van der Waals surface area contributed by atoms with E-state index in [1.165, 1.54) is 12.1 Å². The third-order valence-corrected chi connectivity index (χ3v) is 5.02. The van der Waals surface area contributed by atoms with Crippen molar-refractivity contribution in [2.24, 2.45) is 11.7 Å². The molecule has 0 spiro atoms. The second kappa shape index (κ2) is 9.15. The predicted molar refractivity (Wildman–Crippen MR) is 100 cm³/mol. The van der Waals surface area contributed by atoms with Gasteiger partial charge in [-0.1, -0.05) is 12.5 Å². The summed E-state index contributed by atoms with van der Waals surface area (Å²) in [6, 6.07) is 5.29. The number of nitrogens with zero attached hydrogens (tertiary/aromatic N) is 2. The van der Waals surface area contributed by atoms with Gasteiger partial charge in [-0.3, -0.25) is 4.79 Å². The van der Waals surface area contributed by atoms with E-state index in [-0.39, 0.29) is 42.7 Å². The van der Waals surface area contributed by atoms with Gasteiger partial charge in [0.1, 0.15) is 0 Å². The second-order valence-electron chi connectivity index (χ2n) is 6.56. The van der Waals surface area contributed by atoms with Gasteiger partial charge in [-0.05, 0) is 31.0 Å². The minimum Gasteiger partial charge on any atom is -0.368 e. The molecule has 1 amide bonds. The Bertz CT molecular complexity index is 607. The number of rotatable bonds is 2. The first-order valence-corrected chi connectivity index (χ1v) is 8.33. The highest BCUT2D eigenvalue weighted by molar-refractivity contribution is 5.85. The topological polar surface area (TPSA) is 49.6 Å². The molecule has 2 atom stereocenters. The van der Waals surface area contributed by atoms with Crippen LogP contribution in [0.4, 0.5) is 18.9 Å². The monoisotopic (exact) mass is 413 g/mol. The van der Waals surface area contributed by atoms with Crippen LogP contribution in [0.25, 0.3) is 0 Å². The van der Waals surface area contributed by atoms with Crippen molar-refractivity contribution < 1.29 is 18.0 Å². The number of alkyl halides is 3. The van der Waals surface area contributed by atoms with Gasteiger partial charge in [0, 0.05) is 37.9 Å². The zero-order valence-electron chi connectivity index (χ0n) is 14.2. The fourth-order valence-corrected chi connectivity index (χ4v) is 3.59. The number of carbonyl (C=O) groups is 1. The van der Waals surface area contributed by atoms with Crippen LogP contribution in [0.1, 0.15) is 24.8 Å². The maximum atomic E-state index is 12.8. The predicted octanol–water partition coefficient (Wildman–Crippen LogP) is 3.33. The van der Waals surface area contributed by atoms with E-state index in [0.29, 0.717) is 31.9 Å². The van der Waals surface area contributed by atoms with Crippen LogP contribution in [-0.4, -0.2) is 43.0 Å². The lowest BCUT2D eigenvalue weighted by Crippen LogP contribution is -2.52. The Hall–Kier alpha value is -1.18. The molecule has 0 radical (unpaired) electrons. The molecule has 1 aliphatic carbocycles. The highest BCUT2D eigenvalue weighted by Crippen LogP contribution is 2.32. The van der Waals surface area contributed by atoms with E-state index in [1.807, 2.05) is 4.90 Å². The van der Waals surface area contributed by atoms with Crippen molar-refractivity contribution in [2.45, 2.75) is 31.5 Å². The van der Waals surface area contributed by atoms with E-state index in [0.717, 1.165) is 25.3 Å². The first kappa shape index (κ1) is 22.9. The Morgan fingerprint density at radius 3 is 2.27 bits per heavy atom. The van der Waals surface area contributed by atoms with Crippen LogP contribution in [0.5, 0.6) is 0 Å². The summed E-state index contributed by atoms with van der Waals surface area (Å²) in [6.45, 7) is 2.13. The molecule has 1 saturated carbocycles. The van der Waals surface area contributed by atoms with Gasteiger partial charge < -0.3 is 15.5 Å². The average Bonchev–Trinajstić information content (AvgIpc) is 3.00. The molecule has 1 saturated heterocycles. The SMILES string of the molecule is Cl.Cl.NC1CCCC1C(=O)N1CCN(c2cccc(C(F)(F)F)c2)CC1. The highest BCUT2D eigenvalue weighted by Gasteiger charge is 2.35. The van der Waals surface area contributed by atoms with Gasteiger partial charge >= 0.3 is 6.18 Å². The number of hydrogen-bond donors (Lipinski definition) is 1. The number of halogens is 5. The summed E-state index contributed by atoms with van der Waals surface area (Å²) in [5.74, 6) is 0.00815. The fourth-order valence-electron chi connectivity index (χ4n) is 3.59. The molecule has 9 heteroatoms. The smallest absolute Gasteiger partial charge is 0.368 e.